The predicted octanol–water partition coefficient (Wildman–Crippen LogP) is 2.32. The van der Waals surface area contributed by atoms with E-state index in [0.29, 0.717) is 5.56 Å². The van der Waals surface area contributed by atoms with Crippen molar-refractivity contribution >= 4 is 17.3 Å². The van der Waals surface area contributed by atoms with Crippen LogP contribution in [0.5, 0.6) is 11.8 Å². The summed E-state index contributed by atoms with van der Waals surface area (Å²) in [5.41, 5.74) is 0.379. The number of non-ortho nitro benzene ring substituents is 1. The molecule has 0 radical (unpaired) electrons. The van der Waals surface area contributed by atoms with E-state index in [-0.39, 0.29) is 29.1 Å². The molecule has 0 saturated heterocycles. The van der Waals surface area contributed by atoms with Crippen molar-refractivity contribution < 1.29 is 14.8 Å². The molecule has 98 valence electrons. The van der Waals surface area contributed by atoms with Gasteiger partial charge in [0.1, 0.15) is 0 Å². The lowest BCUT2D eigenvalue weighted by Crippen LogP contribution is -1.95. The Morgan fingerprint density at radius 1 is 1.37 bits per heavy atom. The lowest BCUT2D eigenvalue weighted by atomic mass is 10.3. The van der Waals surface area contributed by atoms with Crippen LogP contribution in [0.3, 0.4) is 0 Å². The van der Waals surface area contributed by atoms with Crippen molar-refractivity contribution in [1.82, 2.24) is 9.97 Å². The number of halogens is 1. The molecule has 0 aliphatic rings. The highest BCUT2D eigenvalue weighted by atomic mass is 35.5. The SMILES string of the molecule is O=[N+]([O-])c1ccc(Cl)c(Oc2ncc(CO)cn2)c1. The van der Waals surface area contributed by atoms with Crippen LogP contribution in [0.25, 0.3) is 0 Å². The highest BCUT2D eigenvalue weighted by molar-refractivity contribution is 6.32. The van der Waals surface area contributed by atoms with Gasteiger partial charge in [0.2, 0.25) is 0 Å². The molecule has 0 atom stereocenters. The van der Waals surface area contributed by atoms with Gasteiger partial charge in [-0.05, 0) is 6.07 Å². The molecule has 0 bridgehead atoms. The van der Waals surface area contributed by atoms with E-state index in [4.69, 9.17) is 21.4 Å². The first-order valence-electron chi connectivity index (χ1n) is 5.13. The monoisotopic (exact) mass is 281 g/mol. The number of benzene rings is 1. The van der Waals surface area contributed by atoms with Gasteiger partial charge in [-0.1, -0.05) is 11.6 Å². The molecule has 0 fully saturated rings. The predicted molar refractivity (Wildman–Crippen MR) is 66.1 cm³/mol. The van der Waals surface area contributed by atoms with E-state index < -0.39 is 4.92 Å². The van der Waals surface area contributed by atoms with Crippen molar-refractivity contribution in [2.24, 2.45) is 0 Å². The molecule has 1 heterocycles. The summed E-state index contributed by atoms with van der Waals surface area (Å²) in [6.45, 7) is -0.183. The summed E-state index contributed by atoms with van der Waals surface area (Å²) in [4.78, 5) is 17.8. The van der Waals surface area contributed by atoms with Gasteiger partial charge in [0.15, 0.2) is 5.75 Å². The Bertz CT molecular complexity index is 603. The summed E-state index contributed by atoms with van der Waals surface area (Å²) in [5.74, 6) is 0.0904. The summed E-state index contributed by atoms with van der Waals surface area (Å²) < 4.78 is 5.26. The quantitative estimate of drug-likeness (QED) is 0.682. The second-order valence-electron chi connectivity index (χ2n) is 3.51. The lowest BCUT2D eigenvalue weighted by molar-refractivity contribution is -0.384. The summed E-state index contributed by atoms with van der Waals surface area (Å²) in [5, 5.41) is 19.7. The van der Waals surface area contributed by atoms with Gasteiger partial charge in [0.25, 0.3) is 5.69 Å². The number of nitro benzene ring substituents is 1. The summed E-state index contributed by atoms with van der Waals surface area (Å²) in [6.07, 6.45) is 2.77. The molecule has 0 unspecified atom stereocenters. The largest absolute Gasteiger partial charge is 0.422 e. The number of ether oxygens (including phenoxy) is 1. The van der Waals surface area contributed by atoms with Gasteiger partial charge in [-0.15, -0.1) is 0 Å². The van der Waals surface area contributed by atoms with Crippen LogP contribution in [0.15, 0.2) is 30.6 Å². The normalized spacial score (nSPS) is 10.2. The van der Waals surface area contributed by atoms with Gasteiger partial charge in [-0.25, -0.2) is 9.97 Å². The highest BCUT2D eigenvalue weighted by Crippen LogP contribution is 2.31. The molecular weight excluding hydrogens is 274 g/mol. The molecule has 0 spiro atoms. The number of rotatable bonds is 4. The van der Waals surface area contributed by atoms with Crippen molar-refractivity contribution in [3.8, 4) is 11.8 Å². The van der Waals surface area contributed by atoms with Gasteiger partial charge < -0.3 is 9.84 Å². The van der Waals surface area contributed by atoms with Gasteiger partial charge in [-0.2, -0.15) is 0 Å². The highest BCUT2D eigenvalue weighted by Gasteiger charge is 2.12. The third kappa shape index (κ3) is 3.15. The van der Waals surface area contributed by atoms with Crippen LogP contribution in [0.2, 0.25) is 5.02 Å². The van der Waals surface area contributed by atoms with Gasteiger partial charge >= 0.3 is 6.01 Å². The standard InChI is InChI=1S/C11H8ClN3O4/c12-9-2-1-8(15(17)18)3-10(9)19-11-13-4-7(6-16)5-14-11/h1-5,16H,6H2. The van der Waals surface area contributed by atoms with Crippen LogP contribution >= 0.6 is 11.6 Å². The zero-order chi connectivity index (χ0) is 13.8. The van der Waals surface area contributed by atoms with Gasteiger partial charge in [0, 0.05) is 24.0 Å². The number of hydrogen-bond acceptors (Lipinski definition) is 6. The molecule has 0 saturated carbocycles. The fourth-order valence-electron chi connectivity index (χ4n) is 1.26. The van der Waals surface area contributed by atoms with E-state index in [2.05, 4.69) is 9.97 Å². The third-order valence-electron chi connectivity index (χ3n) is 2.19. The number of hydrogen-bond donors (Lipinski definition) is 1. The van der Waals surface area contributed by atoms with Crippen molar-refractivity contribution in [2.75, 3.05) is 0 Å². The molecule has 2 aromatic rings. The Morgan fingerprint density at radius 2 is 2.05 bits per heavy atom. The van der Waals surface area contributed by atoms with E-state index in [1.807, 2.05) is 0 Å². The van der Waals surface area contributed by atoms with Crippen LogP contribution in [0, 0.1) is 10.1 Å². The van der Waals surface area contributed by atoms with Crippen molar-refractivity contribution in [2.45, 2.75) is 6.61 Å². The molecule has 0 aliphatic heterocycles. The number of aliphatic hydroxyl groups is 1. The topological polar surface area (TPSA) is 98.4 Å². The summed E-state index contributed by atoms with van der Waals surface area (Å²) >= 11 is 5.87. The first-order valence-corrected chi connectivity index (χ1v) is 5.51. The second kappa shape index (κ2) is 5.59. The average Bonchev–Trinajstić information content (AvgIpc) is 2.42. The van der Waals surface area contributed by atoms with Crippen molar-refractivity contribution in [3.05, 3.63) is 51.3 Å². The number of aliphatic hydroxyl groups excluding tert-OH is 1. The fraction of sp³-hybridized carbons (Fsp3) is 0.0909. The Hall–Kier alpha value is -2.25. The van der Waals surface area contributed by atoms with Crippen molar-refractivity contribution in [1.29, 1.82) is 0 Å². The molecule has 1 aromatic heterocycles. The van der Waals surface area contributed by atoms with E-state index in [0.717, 1.165) is 0 Å². The van der Waals surface area contributed by atoms with Crippen LogP contribution in [-0.2, 0) is 6.61 Å². The van der Waals surface area contributed by atoms with Crippen LogP contribution < -0.4 is 4.74 Å². The number of aromatic nitrogens is 2. The van der Waals surface area contributed by atoms with E-state index >= 15 is 0 Å². The summed E-state index contributed by atoms with van der Waals surface area (Å²) in [6, 6.07) is 3.80. The number of nitro groups is 1. The molecule has 7 nitrogen and oxygen atoms in total. The van der Waals surface area contributed by atoms with E-state index in [9.17, 15) is 10.1 Å². The minimum Gasteiger partial charge on any atom is -0.422 e. The third-order valence-corrected chi connectivity index (χ3v) is 2.50. The van der Waals surface area contributed by atoms with Gasteiger partial charge in [-0.3, -0.25) is 10.1 Å². The van der Waals surface area contributed by atoms with Gasteiger partial charge in [0.05, 0.1) is 22.6 Å². The lowest BCUT2D eigenvalue weighted by Gasteiger charge is -2.05. The molecule has 8 heteroatoms. The fourth-order valence-corrected chi connectivity index (χ4v) is 1.42. The molecule has 0 aliphatic carbocycles. The Kier molecular flexibility index (Phi) is 3.88. The van der Waals surface area contributed by atoms with Crippen LogP contribution in [0.4, 0.5) is 5.69 Å². The smallest absolute Gasteiger partial charge is 0.321 e. The van der Waals surface area contributed by atoms with Crippen LogP contribution in [-0.4, -0.2) is 20.0 Å². The first kappa shape index (κ1) is 13.2. The Morgan fingerprint density at radius 3 is 2.63 bits per heavy atom. The molecule has 2 rings (SSSR count). The maximum absolute atomic E-state index is 10.6. The minimum atomic E-state index is -0.557. The zero-order valence-corrected chi connectivity index (χ0v) is 10.2. The minimum absolute atomic E-state index is 0.0143. The maximum Gasteiger partial charge on any atom is 0.321 e. The molecule has 0 amide bonds. The second-order valence-corrected chi connectivity index (χ2v) is 3.91. The molecule has 19 heavy (non-hydrogen) atoms. The number of nitrogens with zero attached hydrogens (tertiary/aromatic N) is 3. The summed E-state index contributed by atoms with van der Waals surface area (Å²) in [7, 11) is 0. The molecule has 1 N–H and O–H groups in total. The molecular formula is C11H8ClN3O4. The van der Waals surface area contributed by atoms with E-state index in [1.165, 1.54) is 30.6 Å². The zero-order valence-electron chi connectivity index (χ0n) is 9.49. The van der Waals surface area contributed by atoms with Crippen LogP contribution in [0.1, 0.15) is 5.56 Å². The maximum atomic E-state index is 10.6. The van der Waals surface area contributed by atoms with Crippen molar-refractivity contribution in [3.63, 3.8) is 0 Å². The van der Waals surface area contributed by atoms with E-state index in [1.54, 1.807) is 0 Å². The Labute approximate surface area is 112 Å². The Balaban J connectivity index is 2.26. The molecule has 1 aromatic carbocycles. The average molecular weight is 282 g/mol. The first-order chi connectivity index (χ1) is 9.10.